The lowest BCUT2D eigenvalue weighted by atomic mass is 9.91. The van der Waals surface area contributed by atoms with Gasteiger partial charge in [-0.3, -0.25) is 0 Å². The van der Waals surface area contributed by atoms with Crippen molar-refractivity contribution in [2.24, 2.45) is 0 Å². The van der Waals surface area contributed by atoms with Crippen LogP contribution in [0.2, 0.25) is 0 Å². The minimum Gasteiger partial charge on any atom is -0.0683 e. The average molecular weight is 319 g/mol. The normalized spacial score (nSPS) is 18.6. The maximum absolute atomic E-state index is 2.38. The van der Waals surface area contributed by atoms with Gasteiger partial charge < -0.3 is 0 Å². The first-order chi connectivity index (χ1) is 11.0. The minimum absolute atomic E-state index is 0.424. The summed E-state index contributed by atoms with van der Waals surface area (Å²) in [4.78, 5) is 0. The van der Waals surface area contributed by atoms with Gasteiger partial charge in [-0.15, -0.1) is 0 Å². The Hall–Kier alpha value is -1.86. The molecule has 1 unspecified atom stereocenters. The lowest BCUT2D eigenvalue weighted by Crippen LogP contribution is -2.20. The zero-order valence-electron chi connectivity index (χ0n) is 14.9. The highest BCUT2D eigenvalue weighted by molar-refractivity contribution is 6.61. The van der Waals surface area contributed by atoms with Crippen LogP contribution in [-0.2, 0) is 0 Å². The molecule has 0 amide bonds. The van der Waals surface area contributed by atoms with E-state index in [1.54, 1.807) is 21.5 Å². The van der Waals surface area contributed by atoms with Crippen molar-refractivity contribution in [1.82, 2.24) is 0 Å². The van der Waals surface area contributed by atoms with Gasteiger partial charge in [0.2, 0.25) is 0 Å². The van der Waals surface area contributed by atoms with Gasteiger partial charge in [0, 0.05) is 5.92 Å². The second-order valence-corrected chi connectivity index (χ2v) is 8.91. The maximum Gasteiger partial charge on any atom is 0.0840 e. The summed E-state index contributed by atoms with van der Waals surface area (Å²) in [5.41, 5.74) is 8.82. The van der Waals surface area contributed by atoms with Crippen LogP contribution in [0.5, 0.6) is 0 Å². The Labute approximate surface area is 142 Å². The van der Waals surface area contributed by atoms with Gasteiger partial charge in [0.1, 0.15) is 0 Å². The van der Waals surface area contributed by atoms with Crippen molar-refractivity contribution in [3.63, 3.8) is 0 Å². The molecule has 0 N–H and O–H groups in total. The van der Waals surface area contributed by atoms with E-state index in [4.69, 9.17) is 0 Å². The Morgan fingerprint density at radius 1 is 0.739 bits per heavy atom. The van der Waals surface area contributed by atoms with Crippen LogP contribution in [-0.4, -0.2) is 9.52 Å². The molecule has 0 saturated heterocycles. The van der Waals surface area contributed by atoms with E-state index in [9.17, 15) is 0 Å². The Kier molecular flexibility index (Phi) is 4.41. The molecule has 0 heterocycles. The van der Waals surface area contributed by atoms with Crippen molar-refractivity contribution < 1.29 is 0 Å². The van der Waals surface area contributed by atoms with E-state index in [0.717, 1.165) is 0 Å². The van der Waals surface area contributed by atoms with Gasteiger partial charge in [0.25, 0.3) is 0 Å². The molecule has 0 nitrogen and oxygen atoms in total. The maximum atomic E-state index is 2.38. The van der Waals surface area contributed by atoms with E-state index in [1.165, 1.54) is 22.3 Å². The van der Waals surface area contributed by atoms with Crippen LogP contribution in [0.1, 0.15) is 43.4 Å². The van der Waals surface area contributed by atoms with E-state index >= 15 is 0 Å². The fourth-order valence-corrected chi connectivity index (χ4v) is 6.13. The Balaban J connectivity index is 2.05. The molecule has 23 heavy (non-hydrogen) atoms. The molecule has 0 aliphatic heterocycles. The van der Waals surface area contributed by atoms with Crippen LogP contribution in [0.4, 0.5) is 0 Å². The largest absolute Gasteiger partial charge is 0.0840 e. The molecule has 2 aromatic carbocycles. The summed E-state index contributed by atoms with van der Waals surface area (Å²) in [6.07, 6.45) is 0. The Morgan fingerprint density at radius 2 is 1.35 bits per heavy atom. The second kappa shape index (κ2) is 6.33. The molecule has 3 rings (SSSR count). The fraction of sp³-hybridized carbons (Fsp3) is 0.273. The standard InChI is InChI=1S/C22H26Si/c1-14-11-15(2)13-19(12-14)21-17(4)16(3)18(5)22(21)23-20-9-7-6-8-10-20/h6-13,21H,23H2,1-5H3. The predicted molar refractivity (Wildman–Crippen MR) is 104 cm³/mol. The molecule has 1 aliphatic carbocycles. The van der Waals surface area contributed by atoms with Crippen molar-refractivity contribution in [3.8, 4) is 0 Å². The van der Waals surface area contributed by atoms with Crippen LogP contribution in [0, 0.1) is 13.8 Å². The molecule has 0 radical (unpaired) electrons. The molecular weight excluding hydrogens is 292 g/mol. The van der Waals surface area contributed by atoms with Gasteiger partial charge in [0.05, 0.1) is 9.52 Å². The third-order valence-corrected chi connectivity index (χ3v) is 7.43. The predicted octanol–water partition coefficient (Wildman–Crippen LogP) is 4.51. The number of benzene rings is 2. The number of hydrogen-bond acceptors (Lipinski definition) is 0. The molecule has 2 aromatic rings. The number of aryl methyl sites for hydroxylation is 2. The van der Waals surface area contributed by atoms with Crippen LogP contribution in [0.3, 0.4) is 0 Å². The van der Waals surface area contributed by atoms with Gasteiger partial charge >= 0.3 is 0 Å². The Morgan fingerprint density at radius 3 is 1.96 bits per heavy atom. The van der Waals surface area contributed by atoms with E-state index in [2.05, 4.69) is 83.1 Å². The summed E-state index contributed by atoms with van der Waals surface area (Å²) in [7, 11) is -0.424. The molecule has 0 bridgehead atoms. The molecule has 1 aliphatic rings. The SMILES string of the molecule is CC1=C(C)C(c2cc(C)cc(C)c2)C([SiH2]c2ccccc2)=C1C. The van der Waals surface area contributed by atoms with E-state index < -0.39 is 9.52 Å². The van der Waals surface area contributed by atoms with Crippen LogP contribution in [0.25, 0.3) is 0 Å². The number of hydrogen-bond donors (Lipinski definition) is 0. The van der Waals surface area contributed by atoms with Crippen molar-refractivity contribution in [2.45, 2.75) is 40.5 Å². The topological polar surface area (TPSA) is 0 Å². The first-order valence-electron chi connectivity index (χ1n) is 8.47. The third kappa shape index (κ3) is 3.11. The van der Waals surface area contributed by atoms with Crippen molar-refractivity contribution in [2.75, 3.05) is 0 Å². The summed E-state index contributed by atoms with van der Waals surface area (Å²) in [5.74, 6) is 0.500. The van der Waals surface area contributed by atoms with Crippen molar-refractivity contribution in [3.05, 3.63) is 87.1 Å². The van der Waals surface area contributed by atoms with Gasteiger partial charge in [-0.1, -0.05) is 81.2 Å². The summed E-state index contributed by atoms with van der Waals surface area (Å²) in [6, 6.07) is 18.1. The summed E-state index contributed by atoms with van der Waals surface area (Å²) in [6.45, 7) is 11.4. The molecule has 0 spiro atoms. The lowest BCUT2D eigenvalue weighted by molar-refractivity contribution is 0.976. The van der Waals surface area contributed by atoms with Gasteiger partial charge in [0.15, 0.2) is 0 Å². The minimum atomic E-state index is -0.424. The summed E-state index contributed by atoms with van der Waals surface area (Å²) in [5, 5.41) is 3.25. The van der Waals surface area contributed by atoms with E-state index in [1.807, 2.05) is 0 Å². The molecule has 0 aromatic heterocycles. The van der Waals surface area contributed by atoms with E-state index in [0.29, 0.717) is 5.92 Å². The highest BCUT2D eigenvalue weighted by Gasteiger charge is 2.28. The van der Waals surface area contributed by atoms with E-state index in [-0.39, 0.29) is 0 Å². The summed E-state index contributed by atoms with van der Waals surface area (Å²) < 4.78 is 0. The third-order valence-electron chi connectivity index (χ3n) is 5.23. The highest BCUT2D eigenvalue weighted by Crippen LogP contribution is 2.43. The quantitative estimate of drug-likeness (QED) is 0.731. The Bertz CT molecular complexity index is 774. The van der Waals surface area contributed by atoms with Gasteiger partial charge in [-0.05, 0) is 45.8 Å². The molecule has 1 atom stereocenters. The molecular formula is C22H26Si. The first kappa shape index (κ1) is 16.0. The van der Waals surface area contributed by atoms with Crippen LogP contribution >= 0.6 is 0 Å². The highest BCUT2D eigenvalue weighted by atomic mass is 28.2. The second-order valence-electron chi connectivity index (χ2n) is 6.97. The number of allylic oxidation sites excluding steroid dienone is 4. The average Bonchev–Trinajstić information content (AvgIpc) is 2.72. The lowest BCUT2D eigenvalue weighted by Gasteiger charge is -2.20. The molecule has 1 heteroatoms. The van der Waals surface area contributed by atoms with Gasteiger partial charge in [-0.25, -0.2) is 0 Å². The van der Waals surface area contributed by atoms with Crippen molar-refractivity contribution >= 4 is 14.7 Å². The fourth-order valence-electron chi connectivity index (χ4n) is 3.91. The first-order valence-corrected chi connectivity index (χ1v) is 9.88. The van der Waals surface area contributed by atoms with Crippen LogP contribution in [0.15, 0.2) is 70.4 Å². The molecule has 118 valence electrons. The monoisotopic (exact) mass is 318 g/mol. The smallest absolute Gasteiger partial charge is 0.0683 e. The van der Waals surface area contributed by atoms with Crippen LogP contribution < -0.4 is 5.19 Å². The zero-order chi connectivity index (χ0) is 16.6. The van der Waals surface area contributed by atoms with Gasteiger partial charge in [-0.2, -0.15) is 0 Å². The number of rotatable bonds is 3. The zero-order valence-corrected chi connectivity index (χ0v) is 16.3. The molecule has 0 saturated carbocycles. The summed E-state index contributed by atoms with van der Waals surface area (Å²) >= 11 is 0. The van der Waals surface area contributed by atoms with Crippen molar-refractivity contribution in [1.29, 1.82) is 0 Å². The molecule has 0 fully saturated rings.